The van der Waals surface area contributed by atoms with Gasteiger partial charge in [-0.25, -0.2) is 0 Å². The van der Waals surface area contributed by atoms with Crippen LogP contribution in [0.25, 0.3) is 0 Å². The topological polar surface area (TPSA) is 63.2 Å². The maximum Gasteiger partial charge on any atom is 0.227 e. The van der Waals surface area contributed by atoms with Crippen LogP contribution in [0.4, 0.5) is 5.69 Å². The fourth-order valence-corrected chi connectivity index (χ4v) is 3.85. The van der Waals surface area contributed by atoms with Gasteiger partial charge in [-0.2, -0.15) is 0 Å². The van der Waals surface area contributed by atoms with E-state index in [2.05, 4.69) is 5.32 Å². The summed E-state index contributed by atoms with van der Waals surface area (Å²) in [6.45, 7) is 0. The number of fused-ring (bicyclic) bond motifs is 2. The fourth-order valence-electron chi connectivity index (χ4n) is 3.85. The summed E-state index contributed by atoms with van der Waals surface area (Å²) in [6, 6.07) is 11.9. The van der Waals surface area contributed by atoms with Gasteiger partial charge in [0, 0.05) is 22.6 Å². The molecule has 0 heterocycles. The van der Waals surface area contributed by atoms with E-state index < -0.39 is 0 Å². The summed E-state index contributed by atoms with van der Waals surface area (Å²) in [5, 5.41) is 2.91. The first-order valence-corrected chi connectivity index (χ1v) is 8.79. The van der Waals surface area contributed by atoms with Crippen molar-refractivity contribution in [3.05, 3.63) is 64.7 Å². The molecule has 2 aromatic carbocycles. The second-order valence-corrected chi connectivity index (χ2v) is 6.76. The van der Waals surface area contributed by atoms with E-state index in [1.165, 1.54) is 6.42 Å². The molecule has 4 rings (SSSR count). The van der Waals surface area contributed by atoms with E-state index in [0.29, 0.717) is 27.9 Å². The predicted octanol–water partition coefficient (Wildman–Crippen LogP) is 3.98. The number of amides is 1. The quantitative estimate of drug-likeness (QED) is 0.771. The van der Waals surface area contributed by atoms with Crippen LogP contribution < -0.4 is 5.32 Å². The maximum atomic E-state index is 12.9. The summed E-state index contributed by atoms with van der Waals surface area (Å²) in [4.78, 5) is 38.2. The molecule has 0 atom stereocenters. The van der Waals surface area contributed by atoms with Crippen molar-refractivity contribution in [3.8, 4) is 0 Å². The molecule has 0 radical (unpaired) electrons. The SMILES string of the molecule is O=C1c2ccccc2C(=O)c2c(NC(=O)C3CCCCC3)cccc21. The van der Waals surface area contributed by atoms with E-state index in [9.17, 15) is 14.4 Å². The summed E-state index contributed by atoms with van der Waals surface area (Å²) in [5.74, 6) is -0.429. The second kappa shape index (κ2) is 6.28. The number of nitrogens with one attached hydrogen (secondary N) is 1. The van der Waals surface area contributed by atoms with Crippen LogP contribution in [0.15, 0.2) is 42.5 Å². The number of benzene rings is 2. The lowest BCUT2D eigenvalue weighted by atomic mass is 9.83. The van der Waals surface area contributed by atoms with E-state index >= 15 is 0 Å². The first-order valence-electron chi connectivity index (χ1n) is 8.79. The van der Waals surface area contributed by atoms with Crippen molar-refractivity contribution in [1.29, 1.82) is 0 Å². The molecule has 25 heavy (non-hydrogen) atoms. The lowest BCUT2D eigenvalue weighted by Gasteiger charge is -2.23. The van der Waals surface area contributed by atoms with Crippen molar-refractivity contribution in [2.45, 2.75) is 32.1 Å². The molecule has 0 saturated heterocycles. The number of hydrogen-bond acceptors (Lipinski definition) is 3. The standard InChI is InChI=1S/C21H19NO3/c23-19-14-9-4-5-10-15(14)20(24)18-16(19)11-6-12-17(18)22-21(25)13-7-2-1-3-8-13/h4-6,9-13H,1-3,7-8H2,(H,22,25). The van der Waals surface area contributed by atoms with Gasteiger partial charge in [-0.05, 0) is 18.9 Å². The highest BCUT2D eigenvalue weighted by Crippen LogP contribution is 2.33. The van der Waals surface area contributed by atoms with Gasteiger partial charge in [0.05, 0.1) is 11.3 Å². The van der Waals surface area contributed by atoms with Crippen LogP contribution in [0.5, 0.6) is 0 Å². The highest BCUT2D eigenvalue weighted by molar-refractivity contribution is 6.30. The van der Waals surface area contributed by atoms with Gasteiger partial charge in [-0.1, -0.05) is 55.7 Å². The Labute approximate surface area is 146 Å². The minimum atomic E-state index is -0.204. The number of carbonyl (C=O) groups excluding carboxylic acids is 3. The Morgan fingerprint density at radius 3 is 2.16 bits per heavy atom. The summed E-state index contributed by atoms with van der Waals surface area (Å²) in [7, 11) is 0. The number of rotatable bonds is 2. The van der Waals surface area contributed by atoms with Gasteiger partial charge in [0.2, 0.25) is 5.91 Å². The molecule has 0 spiro atoms. The van der Waals surface area contributed by atoms with Crippen LogP contribution in [0, 0.1) is 5.92 Å². The van der Waals surface area contributed by atoms with Crippen LogP contribution >= 0.6 is 0 Å². The Morgan fingerprint density at radius 2 is 1.44 bits per heavy atom. The van der Waals surface area contributed by atoms with Gasteiger partial charge >= 0.3 is 0 Å². The molecule has 2 aliphatic rings. The van der Waals surface area contributed by atoms with Crippen molar-refractivity contribution >= 4 is 23.2 Å². The first kappa shape index (κ1) is 15.8. The van der Waals surface area contributed by atoms with E-state index in [0.717, 1.165) is 25.7 Å². The lowest BCUT2D eigenvalue weighted by Crippen LogP contribution is -2.28. The van der Waals surface area contributed by atoms with Crippen molar-refractivity contribution in [2.75, 3.05) is 5.32 Å². The summed E-state index contributed by atoms with van der Waals surface area (Å²) >= 11 is 0. The third kappa shape index (κ3) is 2.68. The minimum Gasteiger partial charge on any atom is -0.325 e. The monoisotopic (exact) mass is 333 g/mol. The Balaban J connectivity index is 1.71. The minimum absolute atomic E-state index is 0.00807. The molecule has 0 aromatic heterocycles. The molecule has 126 valence electrons. The van der Waals surface area contributed by atoms with Crippen molar-refractivity contribution < 1.29 is 14.4 Å². The van der Waals surface area contributed by atoms with E-state index in [4.69, 9.17) is 0 Å². The highest BCUT2D eigenvalue weighted by atomic mass is 16.2. The fraction of sp³-hybridized carbons (Fsp3) is 0.286. The van der Waals surface area contributed by atoms with Gasteiger partial charge in [-0.15, -0.1) is 0 Å². The molecule has 4 nitrogen and oxygen atoms in total. The third-order valence-electron chi connectivity index (χ3n) is 5.19. The summed E-state index contributed by atoms with van der Waals surface area (Å²) < 4.78 is 0. The average molecular weight is 333 g/mol. The van der Waals surface area contributed by atoms with Gasteiger partial charge < -0.3 is 5.32 Å². The lowest BCUT2D eigenvalue weighted by molar-refractivity contribution is -0.120. The Hall–Kier alpha value is -2.75. The van der Waals surface area contributed by atoms with Crippen LogP contribution in [0.1, 0.15) is 63.9 Å². The van der Waals surface area contributed by atoms with Gasteiger partial charge in [0.25, 0.3) is 0 Å². The molecule has 2 aliphatic carbocycles. The van der Waals surface area contributed by atoms with Gasteiger partial charge in [0.1, 0.15) is 0 Å². The molecule has 0 bridgehead atoms. The van der Waals surface area contributed by atoms with Crippen LogP contribution in [0.2, 0.25) is 0 Å². The first-order chi connectivity index (χ1) is 12.2. The van der Waals surface area contributed by atoms with E-state index in [1.54, 1.807) is 42.5 Å². The molecule has 1 N–H and O–H groups in total. The predicted molar refractivity (Wildman–Crippen MR) is 95.0 cm³/mol. The average Bonchev–Trinajstić information content (AvgIpc) is 2.66. The van der Waals surface area contributed by atoms with E-state index in [1.807, 2.05) is 0 Å². The zero-order valence-corrected chi connectivity index (χ0v) is 13.9. The zero-order valence-electron chi connectivity index (χ0n) is 13.9. The van der Waals surface area contributed by atoms with Crippen LogP contribution in [-0.4, -0.2) is 17.5 Å². The molecular formula is C21H19NO3. The number of anilines is 1. The molecule has 4 heteroatoms. The number of carbonyl (C=O) groups is 3. The van der Waals surface area contributed by atoms with Crippen molar-refractivity contribution in [1.82, 2.24) is 0 Å². The smallest absolute Gasteiger partial charge is 0.227 e. The molecule has 1 fully saturated rings. The zero-order chi connectivity index (χ0) is 17.4. The van der Waals surface area contributed by atoms with Crippen molar-refractivity contribution in [3.63, 3.8) is 0 Å². The molecular weight excluding hydrogens is 314 g/mol. The van der Waals surface area contributed by atoms with Crippen LogP contribution in [0.3, 0.4) is 0 Å². The number of ketones is 2. The van der Waals surface area contributed by atoms with Gasteiger partial charge in [-0.3, -0.25) is 14.4 Å². The largest absolute Gasteiger partial charge is 0.325 e. The normalized spacial score (nSPS) is 17.0. The molecule has 0 aliphatic heterocycles. The Morgan fingerprint density at radius 1 is 0.800 bits per heavy atom. The molecule has 0 unspecified atom stereocenters. The highest BCUT2D eigenvalue weighted by Gasteiger charge is 2.32. The number of hydrogen-bond donors (Lipinski definition) is 1. The van der Waals surface area contributed by atoms with Crippen LogP contribution in [-0.2, 0) is 4.79 Å². The van der Waals surface area contributed by atoms with Gasteiger partial charge in [0.15, 0.2) is 11.6 Å². The third-order valence-corrected chi connectivity index (χ3v) is 5.19. The second-order valence-electron chi connectivity index (χ2n) is 6.76. The molecule has 1 amide bonds. The summed E-state index contributed by atoms with van der Waals surface area (Å²) in [5.41, 5.74) is 1.96. The Kier molecular flexibility index (Phi) is 3.96. The Bertz CT molecular complexity index is 878. The van der Waals surface area contributed by atoms with Crippen molar-refractivity contribution in [2.24, 2.45) is 5.92 Å². The summed E-state index contributed by atoms with van der Waals surface area (Å²) in [6.07, 6.45) is 5.08. The molecule has 2 aromatic rings. The van der Waals surface area contributed by atoms with E-state index in [-0.39, 0.29) is 23.4 Å². The maximum absolute atomic E-state index is 12.9. The molecule has 1 saturated carbocycles.